The molecule has 20 heavy (non-hydrogen) atoms. The van der Waals surface area contributed by atoms with E-state index in [1.165, 1.54) is 6.42 Å². The SMILES string of the molecule is CC1CCCN(C(=O)CCC(N)c2ccccc2)C1C. The summed E-state index contributed by atoms with van der Waals surface area (Å²) in [5.74, 6) is 0.867. The number of carbonyl (C=O) groups is 1. The number of likely N-dealkylation sites (tertiary alicyclic amines) is 1. The van der Waals surface area contributed by atoms with Gasteiger partial charge in [-0.05, 0) is 37.7 Å². The third-order valence-corrected chi connectivity index (χ3v) is 4.59. The minimum Gasteiger partial charge on any atom is -0.340 e. The third-order valence-electron chi connectivity index (χ3n) is 4.59. The van der Waals surface area contributed by atoms with Crippen molar-refractivity contribution in [1.29, 1.82) is 0 Å². The second-order valence-electron chi connectivity index (χ2n) is 6.00. The van der Waals surface area contributed by atoms with Crippen LogP contribution in [0, 0.1) is 5.92 Å². The van der Waals surface area contributed by atoms with Gasteiger partial charge in [0.15, 0.2) is 0 Å². The molecule has 1 aliphatic rings. The number of hydrogen-bond donors (Lipinski definition) is 1. The van der Waals surface area contributed by atoms with E-state index in [-0.39, 0.29) is 11.9 Å². The summed E-state index contributed by atoms with van der Waals surface area (Å²) >= 11 is 0. The van der Waals surface area contributed by atoms with Crippen LogP contribution in [0.15, 0.2) is 30.3 Å². The Morgan fingerprint density at radius 1 is 1.35 bits per heavy atom. The van der Waals surface area contributed by atoms with E-state index >= 15 is 0 Å². The third kappa shape index (κ3) is 3.60. The average molecular weight is 274 g/mol. The molecule has 1 fully saturated rings. The monoisotopic (exact) mass is 274 g/mol. The number of rotatable bonds is 4. The Kier molecular flexibility index (Phi) is 5.18. The van der Waals surface area contributed by atoms with E-state index in [0.29, 0.717) is 18.4 Å². The fourth-order valence-electron chi connectivity index (χ4n) is 2.98. The fourth-order valence-corrected chi connectivity index (χ4v) is 2.98. The molecular weight excluding hydrogens is 248 g/mol. The predicted octanol–water partition coefficient (Wildman–Crippen LogP) is 3.11. The van der Waals surface area contributed by atoms with Crippen molar-refractivity contribution in [2.75, 3.05) is 6.54 Å². The normalized spacial score (nSPS) is 24.4. The second kappa shape index (κ2) is 6.89. The quantitative estimate of drug-likeness (QED) is 0.917. The Balaban J connectivity index is 1.86. The minimum atomic E-state index is -0.0438. The van der Waals surface area contributed by atoms with E-state index in [4.69, 9.17) is 5.73 Å². The molecule has 0 aliphatic carbocycles. The first-order chi connectivity index (χ1) is 9.59. The van der Waals surface area contributed by atoms with Gasteiger partial charge in [-0.25, -0.2) is 0 Å². The topological polar surface area (TPSA) is 46.3 Å². The van der Waals surface area contributed by atoms with Crippen molar-refractivity contribution in [2.24, 2.45) is 11.7 Å². The van der Waals surface area contributed by atoms with E-state index in [1.807, 2.05) is 35.2 Å². The van der Waals surface area contributed by atoms with Gasteiger partial charge < -0.3 is 10.6 Å². The molecule has 1 aromatic rings. The number of nitrogens with two attached hydrogens (primary N) is 1. The van der Waals surface area contributed by atoms with Gasteiger partial charge in [0.05, 0.1) is 0 Å². The van der Waals surface area contributed by atoms with Gasteiger partial charge >= 0.3 is 0 Å². The van der Waals surface area contributed by atoms with Crippen LogP contribution in [-0.4, -0.2) is 23.4 Å². The Bertz CT molecular complexity index is 432. The molecule has 110 valence electrons. The summed E-state index contributed by atoms with van der Waals surface area (Å²) in [4.78, 5) is 14.4. The van der Waals surface area contributed by atoms with Crippen molar-refractivity contribution in [3.63, 3.8) is 0 Å². The lowest BCUT2D eigenvalue weighted by atomic mass is 9.91. The molecule has 0 radical (unpaired) electrons. The number of piperidine rings is 1. The maximum atomic E-state index is 12.4. The van der Waals surface area contributed by atoms with Gasteiger partial charge in [0.2, 0.25) is 5.91 Å². The molecular formula is C17H26N2O. The van der Waals surface area contributed by atoms with Gasteiger partial charge in [-0.3, -0.25) is 4.79 Å². The van der Waals surface area contributed by atoms with E-state index in [1.54, 1.807) is 0 Å². The van der Waals surface area contributed by atoms with Crippen LogP contribution < -0.4 is 5.73 Å². The van der Waals surface area contributed by atoms with E-state index in [9.17, 15) is 4.79 Å². The van der Waals surface area contributed by atoms with Gasteiger partial charge in [-0.15, -0.1) is 0 Å². The number of hydrogen-bond acceptors (Lipinski definition) is 2. The lowest BCUT2D eigenvalue weighted by Crippen LogP contribution is -2.46. The summed E-state index contributed by atoms with van der Waals surface area (Å²) in [6, 6.07) is 10.3. The van der Waals surface area contributed by atoms with Crippen molar-refractivity contribution in [3.05, 3.63) is 35.9 Å². The molecule has 0 aromatic heterocycles. The second-order valence-corrected chi connectivity index (χ2v) is 6.00. The zero-order valence-corrected chi connectivity index (χ0v) is 12.6. The molecule has 1 aromatic carbocycles. The van der Waals surface area contributed by atoms with Crippen LogP contribution in [0.2, 0.25) is 0 Å². The van der Waals surface area contributed by atoms with Crippen LogP contribution in [0.5, 0.6) is 0 Å². The Labute approximate surface area is 122 Å². The summed E-state index contributed by atoms with van der Waals surface area (Å²) < 4.78 is 0. The van der Waals surface area contributed by atoms with Crippen molar-refractivity contribution in [1.82, 2.24) is 4.90 Å². The van der Waals surface area contributed by atoms with Crippen LogP contribution in [0.4, 0.5) is 0 Å². The molecule has 3 atom stereocenters. The van der Waals surface area contributed by atoms with Crippen LogP contribution in [-0.2, 0) is 4.79 Å². The zero-order valence-electron chi connectivity index (χ0n) is 12.6. The summed E-state index contributed by atoms with van der Waals surface area (Å²) in [6.45, 7) is 5.31. The summed E-state index contributed by atoms with van der Waals surface area (Å²) in [5.41, 5.74) is 7.28. The van der Waals surface area contributed by atoms with Crippen molar-refractivity contribution < 1.29 is 4.79 Å². The highest BCUT2D eigenvalue weighted by Crippen LogP contribution is 2.24. The van der Waals surface area contributed by atoms with Crippen LogP contribution in [0.1, 0.15) is 51.1 Å². The Morgan fingerprint density at radius 3 is 2.75 bits per heavy atom. The van der Waals surface area contributed by atoms with Gasteiger partial charge in [-0.1, -0.05) is 37.3 Å². The summed E-state index contributed by atoms with van der Waals surface area (Å²) in [6.07, 6.45) is 3.63. The van der Waals surface area contributed by atoms with Gasteiger partial charge in [0, 0.05) is 25.0 Å². The van der Waals surface area contributed by atoms with Gasteiger partial charge in [0.25, 0.3) is 0 Å². The number of benzene rings is 1. The highest BCUT2D eigenvalue weighted by atomic mass is 16.2. The highest BCUT2D eigenvalue weighted by molar-refractivity contribution is 5.76. The van der Waals surface area contributed by atoms with Crippen LogP contribution >= 0.6 is 0 Å². The average Bonchev–Trinajstić information content (AvgIpc) is 2.48. The standard InChI is InChI=1S/C17H26N2O/c1-13-7-6-12-19(14(13)2)17(20)11-10-16(18)15-8-4-3-5-9-15/h3-5,8-9,13-14,16H,6-7,10-12,18H2,1-2H3. The van der Waals surface area contributed by atoms with Gasteiger partial charge in [0.1, 0.15) is 0 Å². The molecule has 2 N–H and O–H groups in total. The smallest absolute Gasteiger partial charge is 0.222 e. The lowest BCUT2D eigenvalue weighted by Gasteiger charge is -2.38. The predicted molar refractivity (Wildman–Crippen MR) is 82.2 cm³/mol. The molecule has 3 nitrogen and oxygen atoms in total. The molecule has 3 heteroatoms. The van der Waals surface area contributed by atoms with E-state index < -0.39 is 0 Å². The number of amides is 1. The summed E-state index contributed by atoms with van der Waals surface area (Å²) in [7, 11) is 0. The fraction of sp³-hybridized carbons (Fsp3) is 0.588. The molecule has 0 bridgehead atoms. The van der Waals surface area contributed by atoms with Crippen LogP contribution in [0.25, 0.3) is 0 Å². The Morgan fingerprint density at radius 2 is 2.05 bits per heavy atom. The zero-order chi connectivity index (χ0) is 14.5. The molecule has 1 aliphatic heterocycles. The maximum absolute atomic E-state index is 12.4. The lowest BCUT2D eigenvalue weighted by molar-refractivity contribution is -0.135. The minimum absolute atomic E-state index is 0.0438. The Hall–Kier alpha value is -1.35. The largest absolute Gasteiger partial charge is 0.340 e. The molecule has 1 saturated heterocycles. The maximum Gasteiger partial charge on any atom is 0.222 e. The summed E-state index contributed by atoms with van der Waals surface area (Å²) in [5, 5.41) is 0. The van der Waals surface area contributed by atoms with Gasteiger partial charge in [-0.2, -0.15) is 0 Å². The number of carbonyl (C=O) groups excluding carboxylic acids is 1. The molecule has 0 spiro atoms. The molecule has 0 saturated carbocycles. The highest BCUT2D eigenvalue weighted by Gasteiger charge is 2.28. The molecule has 3 unspecified atom stereocenters. The first kappa shape index (κ1) is 15.0. The van der Waals surface area contributed by atoms with Crippen molar-refractivity contribution in [3.8, 4) is 0 Å². The first-order valence-corrected chi connectivity index (χ1v) is 7.69. The van der Waals surface area contributed by atoms with E-state index in [2.05, 4.69) is 13.8 Å². The van der Waals surface area contributed by atoms with E-state index in [0.717, 1.165) is 24.9 Å². The molecule has 2 rings (SSSR count). The molecule has 1 heterocycles. The van der Waals surface area contributed by atoms with Crippen molar-refractivity contribution >= 4 is 5.91 Å². The number of nitrogens with zero attached hydrogens (tertiary/aromatic N) is 1. The molecule has 1 amide bonds. The van der Waals surface area contributed by atoms with Crippen molar-refractivity contribution in [2.45, 2.75) is 51.6 Å². The van der Waals surface area contributed by atoms with Crippen LogP contribution in [0.3, 0.4) is 0 Å². The first-order valence-electron chi connectivity index (χ1n) is 7.69.